The minimum absolute atomic E-state index is 0.342. The van der Waals surface area contributed by atoms with Crippen LogP contribution in [-0.2, 0) is 0 Å². The van der Waals surface area contributed by atoms with Crippen LogP contribution in [0.5, 0.6) is 5.75 Å². The number of halogens is 1. The fraction of sp³-hybridized carbons (Fsp3) is 0.409. The minimum atomic E-state index is 0.342. The Morgan fingerprint density at radius 2 is 2.07 bits per heavy atom. The van der Waals surface area contributed by atoms with Crippen LogP contribution in [0.1, 0.15) is 30.4 Å². The van der Waals surface area contributed by atoms with Crippen molar-refractivity contribution in [1.82, 2.24) is 4.90 Å². The largest absolute Gasteiger partial charge is 0.493 e. The average Bonchev–Trinajstić information content (AvgIpc) is 3.13. The predicted molar refractivity (Wildman–Crippen MR) is 113 cm³/mol. The number of nitriles is 1. The number of nitrogens with zero attached hydrogens (tertiary/aromatic N) is 2. The molecule has 0 aromatic heterocycles. The molecule has 0 saturated carbocycles. The van der Waals surface area contributed by atoms with Gasteiger partial charge in [0.05, 0.1) is 18.2 Å². The van der Waals surface area contributed by atoms with E-state index < -0.39 is 0 Å². The van der Waals surface area contributed by atoms with E-state index in [1.54, 1.807) is 17.8 Å². The number of benzene rings is 2. The van der Waals surface area contributed by atoms with Gasteiger partial charge in [-0.1, -0.05) is 18.5 Å². The van der Waals surface area contributed by atoms with Crippen molar-refractivity contribution in [2.45, 2.75) is 24.2 Å². The molecule has 1 fully saturated rings. The molecule has 0 amide bonds. The Hall–Kier alpha value is -1.67. The van der Waals surface area contributed by atoms with Crippen molar-refractivity contribution in [3.63, 3.8) is 0 Å². The molecule has 5 heteroatoms. The third kappa shape index (κ3) is 5.65. The molecule has 2 aromatic rings. The van der Waals surface area contributed by atoms with Crippen LogP contribution in [0.4, 0.5) is 0 Å². The zero-order valence-corrected chi connectivity index (χ0v) is 17.4. The van der Waals surface area contributed by atoms with E-state index in [1.165, 1.54) is 4.90 Å². The van der Waals surface area contributed by atoms with Crippen molar-refractivity contribution in [3.05, 3.63) is 58.6 Å². The summed E-state index contributed by atoms with van der Waals surface area (Å²) >= 11 is 7.89. The van der Waals surface area contributed by atoms with Crippen LogP contribution in [-0.4, -0.2) is 37.4 Å². The summed E-state index contributed by atoms with van der Waals surface area (Å²) in [5.41, 5.74) is 1.76. The SMILES string of the molecule is CSc1ccc(OCC2CCN(CC(C)c3cc(Cl)cc(C#N)c3)C2)cc1. The Labute approximate surface area is 171 Å². The second-order valence-electron chi connectivity index (χ2n) is 7.19. The Balaban J connectivity index is 1.49. The highest BCUT2D eigenvalue weighted by Crippen LogP contribution is 2.26. The lowest BCUT2D eigenvalue weighted by molar-refractivity contribution is 0.237. The number of rotatable bonds is 7. The van der Waals surface area contributed by atoms with Crippen molar-refractivity contribution in [1.29, 1.82) is 5.26 Å². The van der Waals surface area contributed by atoms with E-state index in [1.807, 2.05) is 24.3 Å². The molecule has 0 N–H and O–H groups in total. The highest BCUT2D eigenvalue weighted by Gasteiger charge is 2.24. The average molecular weight is 401 g/mol. The van der Waals surface area contributed by atoms with Crippen molar-refractivity contribution in [3.8, 4) is 11.8 Å². The molecule has 2 atom stereocenters. The first-order valence-corrected chi connectivity index (χ1v) is 10.9. The van der Waals surface area contributed by atoms with E-state index in [9.17, 15) is 0 Å². The van der Waals surface area contributed by atoms with Gasteiger partial charge in [-0.05, 0) is 73.2 Å². The summed E-state index contributed by atoms with van der Waals surface area (Å²) in [7, 11) is 0. The number of hydrogen-bond acceptors (Lipinski definition) is 4. The van der Waals surface area contributed by atoms with Gasteiger partial charge < -0.3 is 9.64 Å². The molecule has 2 unspecified atom stereocenters. The van der Waals surface area contributed by atoms with Gasteiger partial charge >= 0.3 is 0 Å². The zero-order chi connectivity index (χ0) is 19.2. The van der Waals surface area contributed by atoms with Crippen LogP contribution in [0.2, 0.25) is 5.02 Å². The molecule has 1 heterocycles. The maximum Gasteiger partial charge on any atom is 0.119 e. The molecule has 3 nitrogen and oxygen atoms in total. The molecule has 1 aliphatic rings. The quantitative estimate of drug-likeness (QED) is 0.580. The number of hydrogen-bond donors (Lipinski definition) is 0. The third-order valence-corrected chi connectivity index (χ3v) is 6.03. The van der Waals surface area contributed by atoms with Gasteiger partial charge in [0.25, 0.3) is 0 Å². The number of thioether (sulfide) groups is 1. The van der Waals surface area contributed by atoms with E-state index in [4.69, 9.17) is 21.6 Å². The summed E-state index contributed by atoms with van der Waals surface area (Å²) in [5.74, 6) is 1.85. The van der Waals surface area contributed by atoms with Gasteiger partial charge in [-0.15, -0.1) is 11.8 Å². The van der Waals surface area contributed by atoms with Gasteiger partial charge in [-0.2, -0.15) is 5.26 Å². The van der Waals surface area contributed by atoms with E-state index in [0.29, 0.717) is 22.4 Å². The van der Waals surface area contributed by atoms with Crippen molar-refractivity contribution < 1.29 is 4.74 Å². The molecule has 1 aliphatic heterocycles. The standard InChI is InChI=1S/C22H25ClN2OS/c1-16(19-9-18(12-24)10-20(23)11-19)13-25-8-7-17(14-25)15-26-21-3-5-22(27-2)6-4-21/h3-6,9-11,16-17H,7-8,13-15H2,1-2H3. The first-order chi connectivity index (χ1) is 13.1. The second kappa shape index (κ2) is 9.50. The normalized spacial score (nSPS) is 18.2. The van der Waals surface area contributed by atoms with Gasteiger partial charge in [-0.3, -0.25) is 0 Å². The highest BCUT2D eigenvalue weighted by molar-refractivity contribution is 7.98. The lowest BCUT2D eigenvalue weighted by Crippen LogP contribution is -2.26. The number of likely N-dealkylation sites (tertiary alicyclic amines) is 1. The lowest BCUT2D eigenvalue weighted by atomic mass is 9.99. The fourth-order valence-electron chi connectivity index (χ4n) is 3.55. The van der Waals surface area contributed by atoms with E-state index in [0.717, 1.165) is 44.0 Å². The van der Waals surface area contributed by atoms with Gasteiger partial charge in [-0.25, -0.2) is 0 Å². The molecule has 142 valence electrons. The van der Waals surface area contributed by atoms with Gasteiger partial charge in [0.2, 0.25) is 0 Å². The molecule has 27 heavy (non-hydrogen) atoms. The Morgan fingerprint density at radius 3 is 2.78 bits per heavy atom. The van der Waals surface area contributed by atoms with Crippen LogP contribution in [0.15, 0.2) is 47.4 Å². The molecule has 0 spiro atoms. The topological polar surface area (TPSA) is 36.3 Å². The van der Waals surface area contributed by atoms with Crippen molar-refractivity contribution in [2.75, 3.05) is 32.5 Å². The van der Waals surface area contributed by atoms with E-state index in [2.05, 4.69) is 36.3 Å². The molecule has 0 bridgehead atoms. The van der Waals surface area contributed by atoms with Gasteiger partial charge in [0, 0.05) is 28.9 Å². The monoisotopic (exact) mass is 400 g/mol. The molecule has 0 radical (unpaired) electrons. The Morgan fingerprint density at radius 1 is 1.30 bits per heavy atom. The molecular weight excluding hydrogens is 376 g/mol. The summed E-state index contributed by atoms with van der Waals surface area (Å²) < 4.78 is 5.98. The molecule has 0 aliphatic carbocycles. The molecule has 1 saturated heterocycles. The first-order valence-electron chi connectivity index (χ1n) is 9.27. The van der Waals surface area contributed by atoms with Crippen LogP contribution >= 0.6 is 23.4 Å². The summed E-state index contributed by atoms with van der Waals surface area (Å²) in [5, 5.41) is 9.77. The maximum absolute atomic E-state index is 9.14. The molecule has 2 aromatic carbocycles. The highest BCUT2D eigenvalue weighted by atomic mass is 35.5. The Bertz CT molecular complexity index is 803. The number of ether oxygens (including phenoxy) is 1. The smallest absolute Gasteiger partial charge is 0.119 e. The summed E-state index contributed by atoms with van der Waals surface area (Å²) in [6, 6.07) is 16.1. The minimum Gasteiger partial charge on any atom is -0.493 e. The Kier molecular flexibility index (Phi) is 7.07. The lowest BCUT2D eigenvalue weighted by Gasteiger charge is -2.21. The fourth-order valence-corrected chi connectivity index (χ4v) is 4.21. The van der Waals surface area contributed by atoms with E-state index in [-0.39, 0.29) is 0 Å². The second-order valence-corrected chi connectivity index (χ2v) is 8.50. The van der Waals surface area contributed by atoms with Crippen LogP contribution in [0, 0.1) is 17.2 Å². The van der Waals surface area contributed by atoms with Crippen molar-refractivity contribution in [2.24, 2.45) is 5.92 Å². The zero-order valence-electron chi connectivity index (χ0n) is 15.8. The summed E-state index contributed by atoms with van der Waals surface area (Å²) in [6.45, 7) is 6.08. The third-order valence-electron chi connectivity index (χ3n) is 5.07. The van der Waals surface area contributed by atoms with Crippen LogP contribution in [0.3, 0.4) is 0 Å². The first kappa shape index (κ1) is 20.1. The maximum atomic E-state index is 9.14. The van der Waals surface area contributed by atoms with Gasteiger partial charge in [0.15, 0.2) is 0 Å². The van der Waals surface area contributed by atoms with Crippen molar-refractivity contribution >= 4 is 23.4 Å². The predicted octanol–water partition coefficient (Wildman–Crippen LogP) is 5.44. The van der Waals surface area contributed by atoms with Crippen LogP contribution in [0.25, 0.3) is 0 Å². The summed E-state index contributed by atoms with van der Waals surface area (Å²) in [6.07, 6.45) is 3.24. The van der Waals surface area contributed by atoms with Gasteiger partial charge in [0.1, 0.15) is 5.75 Å². The molecule has 3 rings (SSSR count). The van der Waals surface area contributed by atoms with E-state index >= 15 is 0 Å². The molecular formula is C22H25ClN2OS. The van der Waals surface area contributed by atoms with Crippen LogP contribution < -0.4 is 4.74 Å². The summed E-state index contributed by atoms with van der Waals surface area (Å²) in [4.78, 5) is 3.74.